The van der Waals surface area contributed by atoms with Crippen molar-refractivity contribution in [3.05, 3.63) is 143 Å². The number of hydrogen-bond acceptors (Lipinski definition) is 10. The number of piperidine rings is 1. The molecule has 1 aliphatic carbocycles. The van der Waals surface area contributed by atoms with Crippen LogP contribution in [0.2, 0.25) is 0 Å². The number of benzene rings is 3. The summed E-state index contributed by atoms with van der Waals surface area (Å²) in [5.41, 5.74) is 17.8. The van der Waals surface area contributed by atoms with E-state index in [1.807, 2.05) is 37.4 Å². The summed E-state index contributed by atoms with van der Waals surface area (Å²) in [7, 11) is 3.55. The van der Waals surface area contributed by atoms with Crippen LogP contribution in [0.1, 0.15) is 53.1 Å². The third kappa shape index (κ3) is 9.47. The molecule has 4 N–H and O–H groups in total. The molecule has 67 heavy (non-hydrogen) atoms. The monoisotopic (exact) mass is 901 g/mol. The minimum Gasteiger partial charge on any atom is -0.385 e. The molecule has 4 fully saturated rings. The van der Waals surface area contributed by atoms with Crippen LogP contribution in [0.5, 0.6) is 0 Å². The van der Waals surface area contributed by atoms with Crippen LogP contribution in [0.25, 0.3) is 39.1 Å². The maximum absolute atomic E-state index is 13.2. The van der Waals surface area contributed by atoms with Crippen molar-refractivity contribution in [2.24, 2.45) is 30.5 Å². The third-order valence-corrected chi connectivity index (χ3v) is 13.7. The molecule has 15 nitrogen and oxygen atoms in total. The molecule has 2 amide bonds. The fourth-order valence-corrected chi connectivity index (χ4v) is 9.60. The van der Waals surface area contributed by atoms with E-state index in [9.17, 15) is 14.4 Å². The summed E-state index contributed by atoms with van der Waals surface area (Å²) in [6.07, 6.45) is 4.67. The van der Waals surface area contributed by atoms with Crippen LogP contribution in [-0.2, 0) is 23.1 Å². The molecule has 3 unspecified atom stereocenters. The molecule has 3 aliphatic heterocycles. The van der Waals surface area contributed by atoms with E-state index in [0.29, 0.717) is 24.2 Å². The number of piperazine rings is 1. The lowest BCUT2D eigenvalue weighted by atomic mass is 10.0. The van der Waals surface area contributed by atoms with Gasteiger partial charge in [-0.15, -0.1) is 0 Å². The van der Waals surface area contributed by atoms with Crippen molar-refractivity contribution in [1.82, 2.24) is 38.9 Å². The first kappa shape index (κ1) is 45.1. The van der Waals surface area contributed by atoms with Crippen LogP contribution >= 0.6 is 0 Å². The van der Waals surface area contributed by atoms with Crippen molar-refractivity contribution in [1.29, 1.82) is 0 Å². The topological polar surface area (TPSA) is 170 Å². The van der Waals surface area contributed by atoms with Gasteiger partial charge < -0.3 is 26.0 Å². The number of carbonyl (C=O) groups is 2. The number of anilines is 2. The van der Waals surface area contributed by atoms with Crippen molar-refractivity contribution >= 4 is 39.9 Å². The summed E-state index contributed by atoms with van der Waals surface area (Å²) in [4.78, 5) is 50.7. The number of hydrogen-bond donors (Lipinski definition) is 3. The number of fused-ring (bicyclic) bond motifs is 3. The second-order valence-electron chi connectivity index (χ2n) is 18.2. The number of ether oxygens (including phenoxy) is 1. The van der Waals surface area contributed by atoms with Gasteiger partial charge >= 0.3 is 5.69 Å². The van der Waals surface area contributed by atoms with Gasteiger partial charge in [-0.2, -0.15) is 5.10 Å². The van der Waals surface area contributed by atoms with Gasteiger partial charge in [-0.05, 0) is 104 Å². The number of nitrogens with two attached hydrogens (primary N) is 1. The van der Waals surface area contributed by atoms with Gasteiger partial charge in [0.1, 0.15) is 11.7 Å². The van der Waals surface area contributed by atoms with E-state index >= 15 is 0 Å². The maximum Gasteiger partial charge on any atom is 0.329 e. The second-order valence-corrected chi connectivity index (χ2v) is 18.2. The lowest BCUT2D eigenvalue weighted by Crippen LogP contribution is -2.45. The molecule has 346 valence electrons. The quantitative estimate of drug-likeness (QED) is 0.149. The van der Waals surface area contributed by atoms with Gasteiger partial charge in [-0.3, -0.25) is 28.6 Å². The summed E-state index contributed by atoms with van der Waals surface area (Å²) in [5.74, 6) is 2.20. The molecule has 3 aromatic carbocycles. The van der Waals surface area contributed by atoms with Gasteiger partial charge in [0, 0.05) is 70.0 Å². The molecule has 0 radical (unpaired) electrons. The Bertz CT molecular complexity index is 3010. The molecule has 4 aliphatic rings. The van der Waals surface area contributed by atoms with Crippen LogP contribution in [0.15, 0.2) is 114 Å². The summed E-state index contributed by atoms with van der Waals surface area (Å²) >= 11 is 0. The maximum atomic E-state index is 13.2. The van der Waals surface area contributed by atoms with E-state index in [4.69, 9.17) is 15.5 Å². The van der Waals surface area contributed by atoms with E-state index in [1.165, 1.54) is 27.5 Å². The normalized spacial score (nSPS) is 20.1. The zero-order valence-electron chi connectivity index (χ0n) is 38.9. The zero-order chi connectivity index (χ0) is 46.9. The first-order chi connectivity index (χ1) is 32.4. The Morgan fingerprint density at radius 2 is 1.63 bits per heavy atom. The lowest BCUT2D eigenvalue weighted by molar-refractivity contribution is -0.124. The Kier molecular flexibility index (Phi) is 12.8. The van der Waals surface area contributed by atoms with Crippen molar-refractivity contribution in [2.45, 2.75) is 46.2 Å². The third-order valence-electron chi connectivity index (χ3n) is 13.7. The first-order valence-electron chi connectivity index (χ1n) is 23.1. The van der Waals surface area contributed by atoms with E-state index in [2.05, 4.69) is 112 Å². The van der Waals surface area contributed by atoms with E-state index in [0.717, 1.165) is 108 Å². The summed E-state index contributed by atoms with van der Waals surface area (Å²) in [6, 6.07) is 28.8. The Morgan fingerprint density at radius 3 is 2.27 bits per heavy atom. The van der Waals surface area contributed by atoms with Gasteiger partial charge in [-0.1, -0.05) is 61.5 Å². The number of amides is 2. The van der Waals surface area contributed by atoms with E-state index in [1.54, 1.807) is 23.2 Å². The highest BCUT2D eigenvalue weighted by Crippen LogP contribution is 2.50. The second kappa shape index (κ2) is 19.0. The van der Waals surface area contributed by atoms with Gasteiger partial charge in [0.2, 0.25) is 5.91 Å². The fraction of sp³-hybridized carbons (Fsp3) is 0.346. The molecule has 7 aromatic rings. The number of pyridine rings is 1. The fourth-order valence-electron chi connectivity index (χ4n) is 9.60. The number of rotatable bonds is 8. The van der Waals surface area contributed by atoms with Gasteiger partial charge in [0.15, 0.2) is 5.65 Å². The van der Waals surface area contributed by atoms with Crippen molar-refractivity contribution in [2.75, 3.05) is 56.7 Å². The van der Waals surface area contributed by atoms with Crippen LogP contribution in [0, 0.1) is 31.6 Å². The number of imidazole rings is 2. The number of carbonyl (C=O) groups excluding carboxylic acids is 2. The first-order valence-corrected chi connectivity index (χ1v) is 23.1. The predicted octanol–water partition coefficient (Wildman–Crippen LogP) is 6.74. The smallest absolute Gasteiger partial charge is 0.329 e. The minimum absolute atomic E-state index is 0.175. The molecule has 4 atom stereocenters. The average molecular weight is 902 g/mol. The zero-order valence-corrected chi connectivity index (χ0v) is 38.9. The Labute approximate surface area is 390 Å². The molecule has 15 heteroatoms. The molecule has 0 spiro atoms. The number of nitrogens with one attached hydrogen (secondary N) is 2. The van der Waals surface area contributed by atoms with Gasteiger partial charge in [0.25, 0.3) is 5.91 Å². The Balaban J connectivity index is 0.000000207. The van der Waals surface area contributed by atoms with Crippen molar-refractivity contribution < 1.29 is 14.3 Å². The van der Waals surface area contributed by atoms with Crippen LogP contribution in [-0.4, -0.2) is 91.9 Å². The molecule has 0 bridgehead atoms. The van der Waals surface area contributed by atoms with Crippen molar-refractivity contribution in [3.63, 3.8) is 0 Å². The standard InChI is InChI=1S/C37H38N6O2.C9H11N5O.C6H10O/c1-25-5-4-6-30(21-25)32-14-8-27(23-38-32)24-41-17-19-42(20-18-41)31-12-9-28(10-13-31)29-11-16-33-35(22-29)40(3)37(45)43(33)34-15-7-26(2)39-36(34)44;1-5-3-6(11-2)9-12-4-7(8(10)15)14(9)13-5;1-4-5-2-7-3-6(4)5/h4-6,8-14,16,21-23,34H,2,7,15,17-20,24H2,1,3H3,(H,39,44);3-4,11H,1-2H3,(H2,10,15);4-6H,2-3H2,1H3/t;;4?,5-,6?/m..0/s1. The predicted molar refractivity (Wildman–Crippen MR) is 263 cm³/mol. The Morgan fingerprint density at radius 1 is 0.881 bits per heavy atom. The molecule has 4 aromatic heterocycles. The highest BCUT2D eigenvalue weighted by molar-refractivity contribution is 5.92. The molecular weight excluding hydrogens is 843 g/mol. The van der Waals surface area contributed by atoms with Crippen LogP contribution in [0.3, 0.4) is 0 Å². The lowest BCUT2D eigenvalue weighted by Gasteiger charge is -2.36. The summed E-state index contributed by atoms with van der Waals surface area (Å²) < 4.78 is 9.89. The molecular formula is C52H59N11O4. The summed E-state index contributed by atoms with van der Waals surface area (Å²) in [6.45, 7) is 17.1. The minimum atomic E-state index is -0.539. The number of nitrogens with zero attached hydrogens (tertiary/aromatic N) is 8. The van der Waals surface area contributed by atoms with Gasteiger partial charge in [0.05, 0.1) is 47.5 Å². The highest BCUT2D eigenvalue weighted by atomic mass is 16.5. The largest absolute Gasteiger partial charge is 0.385 e. The van der Waals surface area contributed by atoms with Gasteiger partial charge in [-0.25, -0.2) is 14.3 Å². The molecule has 7 heterocycles. The van der Waals surface area contributed by atoms with Crippen LogP contribution < -0.4 is 27.0 Å². The highest BCUT2D eigenvalue weighted by Gasteiger charge is 2.50. The number of aryl methyl sites for hydroxylation is 3. The number of allylic oxidation sites excluding steroid dienone is 1. The molecule has 11 rings (SSSR count). The average Bonchev–Trinajstić information content (AvgIpc) is 3.72. The SMILES string of the molecule is C=C1CCC(n2c(=O)n(C)c3cc(-c4ccc(N5CCN(Cc6ccc(-c7cccc(C)c7)nc6)CC5)cc4)ccc32)C(=O)N1.CC1C2COC[C@@H]12.CNc1cc(C)nn2c(C(N)=O)cnc12. The van der Waals surface area contributed by atoms with E-state index < -0.39 is 11.9 Å². The van der Waals surface area contributed by atoms with Crippen molar-refractivity contribution in [3.8, 4) is 22.4 Å². The number of aromatic nitrogens is 6. The molecule has 1 saturated carbocycles. The number of primary amides is 1. The van der Waals surface area contributed by atoms with Crippen LogP contribution in [0.4, 0.5) is 11.4 Å². The Hall–Kier alpha value is -7.10. The summed E-state index contributed by atoms with van der Waals surface area (Å²) in [5, 5.41) is 9.97. The molecule has 3 saturated heterocycles. The van der Waals surface area contributed by atoms with E-state index in [-0.39, 0.29) is 17.3 Å².